The van der Waals surface area contributed by atoms with E-state index in [4.69, 9.17) is 4.98 Å². The summed E-state index contributed by atoms with van der Waals surface area (Å²) in [6.07, 6.45) is 4.63. The minimum atomic E-state index is 0.514. The van der Waals surface area contributed by atoms with Crippen LogP contribution >= 0.6 is 0 Å². The molecule has 0 aliphatic carbocycles. The molecule has 0 spiro atoms. The highest BCUT2D eigenvalue weighted by Crippen LogP contribution is 2.19. The van der Waals surface area contributed by atoms with Crippen molar-refractivity contribution in [1.82, 2.24) is 14.9 Å². The molecule has 0 radical (unpaired) electrons. The van der Waals surface area contributed by atoms with Gasteiger partial charge in [0.2, 0.25) is 0 Å². The van der Waals surface area contributed by atoms with Gasteiger partial charge in [0.25, 0.3) is 0 Å². The normalized spacial score (nSPS) is 13.2. The van der Waals surface area contributed by atoms with Gasteiger partial charge in [0, 0.05) is 19.0 Å². The minimum absolute atomic E-state index is 0.514. The minimum Gasteiger partial charge on any atom is -0.328 e. The quantitative estimate of drug-likeness (QED) is 0.795. The fourth-order valence-corrected chi connectivity index (χ4v) is 2.86. The van der Waals surface area contributed by atoms with Gasteiger partial charge in [0.1, 0.15) is 5.82 Å². The van der Waals surface area contributed by atoms with Crippen LogP contribution in [0.1, 0.15) is 45.9 Å². The van der Waals surface area contributed by atoms with Crippen molar-refractivity contribution < 1.29 is 0 Å². The Bertz CT molecular complexity index is 557. The SMILES string of the molecule is CCCn1c(CC(CCC(C)C)NC)nc2ccccc21. The highest BCUT2D eigenvalue weighted by molar-refractivity contribution is 5.75. The smallest absolute Gasteiger partial charge is 0.111 e. The summed E-state index contributed by atoms with van der Waals surface area (Å²) >= 11 is 0. The van der Waals surface area contributed by atoms with Crippen molar-refractivity contribution >= 4 is 11.0 Å². The summed E-state index contributed by atoms with van der Waals surface area (Å²) < 4.78 is 2.40. The lowest BCUT2D eigenvalue weighted by Crippen LogP contribution is -2.29. The first-order valence-electron chi connectivity index (χ1n) is 8.27. The lowest BCUT2D eigenvalue weighted by molar-refractivity contribution is 0.439. The topological polar surface area (TPSA) is 29.9 Å². The number of benzene rings is 1. The number of hydrogen-bond acceptors (Lipinski definition) is 2. The standard InChI is InChI=1S/C18H29N3/c1-5-12-21-17-9-7-6-8-16(17)20-18(21)13-15(19-4)11-10-14(2)3/h6-9,14-15,19H,5,10-13H2,1-4H3. The Balaban J connectivity index is 2.21. The third-order valence-electron chi connectivity index (χ3n) is 4.11. The van der Waals surface area contributed by atoms with Crippen LogP contribution in [0, 0.1) is 5.92 Å². The number of aryl methyl sites for hydroxylation is 1. The van der Waals surface area contributed by atoms with Crippen LogP contribution in [0.15, 0.2) is 24.3 Å². The predicted molar refractivity (Wildman–Crippen MR) is 90.6 cm³/mol. The van der Waals surface area contributed by atoms with E-state index in [2.05, 4.69) is 62.0 Å². The number of nitrogens with one attached hydrogen (secondary N) is 1. The Hall–Kier alpha value is -1.35. The van der Waals surface area contributed by atoms with E-state index in [1.165, 1.54) is 24.2 Å². The number of likely N-dealkylation sites (N-methyl/N-ethyl adjacent to an activating group) is 1. The summed E-state index contributed by atoms with van der Waals surface area (Å²) in [6, 6.07) is 9.00. The average Bonchev–Trinajstić information content (AvgIpc) is 2.81. The van der Waals surface area contributed by atoms with Crippen molar-refractivity contribution in [2.45, 2.75) is 59.0 Å². The molecule has 1 atom stereocenters. The van der Waals surface area contributed by atoms with Crippen LogP contribution in [0.2, 0.25) is 0 Å². The van der Waals surface area contributed by atoms with Crippen molar-refractivity contribution in [1.29, 1.82) is 0 Å². The van der Waals surface area contributed by atoms with Crippen molar-refractivity contribution in [3.63, 3.8) is 0 Å². The number of nitrogens with zero attached hydrogens (tertiary/aromatic N) is 2. The van der Waals surface area contributed by atoms with Crippen LogP contribution < -0.4 is 5.32 Å². The highest BCUT2D eigenvalue weighted by atomic mass is 15.1. The van der Waals surface area contributed by atoms with Crippen LogP contribution in [0.4, 0.5) is 0 Å². The van der Waals surface area contributed by atoms with Gasteiger partial charge in [-0.05, 0) is 44.4 Å². The molecule has 0 amide bonds. The van der Waals surface area contributed by atoms with Crippen LogP contribution in [-0.4, -0.2) is 22.6 Å². The summed E-state index contributed by atoms with van der Waals surface area (Å²) in [4.78, 5) is 4.87. The molecule has 3 nitrogen and oxygen atoms in total. The van der Waals surface area contributed by atoms with Crippen LogP contribution in [-0.2, 0) is 13.0 Å². The van der Waals surface area contributed by atoms with Crippen LogP contribution in [0.25, 0.3) is 11.0 Å². The molecule has 0 fully saturated rings. The van der Waals surface area contributed by atoms with E-state index in [9.17, 15) is 0 Å². The number of fused-ring (bicyclic) bond motifs is 1. The van der Waals surface area contributed by atoms with E-state index in [-0.39, 0.29) is 0 Å². The van der Waals surface area contributed by atoms with E-state index in [1.807, 2.05) is 0 Å². The third-order valence-corrected chi connectivity index (χ3v) is 4.11. The molecule has 0 aliphatic rings. The first kappa shape index (κ1) is 16.0. The molecule has 1 unspecified atom stereocenters. The molecule has 2 rings (SSSR count). The zero-order chi connectivity index (χ0) is 15.2. The number of rotatable bonds is 8. The van der Waals surface area contributed by atoms with Gasteiger partial charge < -0.3 is 9.88 Å². The first-order chi connectivity index (χ1) is 10.2. The van der Waals surface area contributed by atoms with Gasteiger partial charge in [0.15, 0.2) is 0 Å². The molecule has 3 heteroatoms. The van der Waals surface area contributed by atoms with E-state index in [0.29, 0.717) is 6.04 Å². The number of para-hydroxylation sites is 2. The Morgan fingerprint density at radius 2 is 1.95 bits per heavy atom. The van der Waals surface area contributed by atoms with Gasteiger partial charge in [-0.2, -0.15) is 0 Å². The van der Waals surface area contributed by atoms with Crippen LogP contribution in [0.3, 0.4) is 0 Å². The molecule has 2 aromatic rings. The molecule has 116 valence electrons. The fraction of sp³-hybridized carbons (Fsp3) is 0.611. The number of imidazole rings is 1. The van der Waals surface area contributed by atoms with Gasteiger partial charge in [-0.25, -0.2) is 4.98 Å². The number of hydrogen-bond donors (Lipinski definition) is 1. The van der Waals surface area contributed by atoms with Gasteiger partial charge in [0.05, 0.1) is 11.0 Å². The molecule has 21 heavy (non-hydrogen) atoms. The molecule has 1 N–H and O–H groups in total. The van der Waals surface area contributed by atoms with E-state index < -0.39 is 0 Å². The summed E-state index contributed by atoms with van der Waals surface area (Å²) in [5, 5.41) is 3.47. The fourth-order valence-electron chi connectivity index (χ4n) is 2.86. The van der Waals surface area contributed by atoms with Gasteiger partial charge >= 0.3 is 0 Å². The first-order valence-corrected chi connectivity index (χ1v) is 8.27. The maximum absolute atomic E-state index is 4.87. The molecule has 1 heterocycles. The summed E-state index contributed by atoms with van der Waals surface area (Å²) in [5.74, 6) is 1.98. The Morgan fingerprint density at radius 3 is 2.62 bits per heavy atom. The van der Waals surface area contributed by atoms with E-state index in [0.717, 1.165) is 30.8 Å². The Morgan fingerprint density at radius 1 is 1.19 bits per heavy atom. The largest absolute Gasteiger partial charge is 0.328 e. The Kier molecular flexibility index (Phi) is 5.80. The maximum atomic E-state index is 4.87. The zero-order valence-corrected chi connectivity index (χ0v) is 13.9. The molecular weight excluding hydrogens is 258 g/mol. The molecule has 1 aromatic heterocycles. The lowest BCUT2D eigenvalue weighted by atomic mass is 10.0. The molecule has 0 saturated heterocycles. The average molecular weight is 287 g/mol. The maximum Gasteiger partial charge on any atom is 0.111 e. The second kappa shape index (κ2) is 7.60. The Labute approximate surface area is 128 Å². The summed E-state index contributed by atoms with van der Waals surface area (Å²) in [6.45, 7) is 7.86. The van der Waals surface area contributed by atoms with Crippen LogP contribution in [0.5, 0.6) is 0 Å². The molecule has 1 aromatic carbocycles. The lowest BCUT2D eigenvalue weighted by Gasteiger charge is -2.18. The third kappa shape index (κ3) is 4.07. The van der Waals surface area contributed by atoms with Crippen molar-refractivity contribution in [2.24, 2.45) is 5.92 Å². The van der Waals surface area contributed by atoms with Gasteiger partial charge in [-0.3, -0.25) is 0 Å². The molecular formula is C18H29N3. The molecule has 0 saturated carbocycles. The van der Waals surface area contributed by atoms with Gasteiger partial charge in [-0.15, -0.1) is 0 Å². The van der Waals surface area contributed by atoms with Crippen molar-refractivity contribution in [3.8, 4) is 0 Å². The predicted octanol–water partition coefficient (Wildman–Crippen LogP) is 4.01. The second-order valence-corrected chi connectivity index (χ2v) is 6.33. The monoisotopic (exact) mass is 287 g/mol. The second-order valence-electron chi connectivity index (χ2n) is 6.33. The number of aromatic nitrogens is 2. The molecule has 0 bridgehead atoms. The van der Waals surface area contributed by atoms with Crippen molar-refractivity contribution in [2.75, 3.05) is 7.05 Å². The van der Waals surface area contributed by atoms with Crippen molar-refractivity contribution in [3.05, 3.63) is 30.1 Å². The van der Waals surface area contributed by atoms with Gasteiger partial charge in [-0.1, -0.05) is 32.9 Å². The van der Waals surface area contributed by atoms with E-state index in [1.54, 1.807) is 0 Å². The molecule has 0 aliphatic heterocycles. The summed E-state index contributed by atoms with van der Waals surface area (Å²) in [5.41, 5.74) is 2.40. The zero-order valence-electron chi connectivity index (χ0n) is 13.9. The summed E-state index contributed by atoms with van der Waals surface area (Å²) in [7, 11) is 2.07. The highest BCUT2D eigenvalue weighted by Gasteiger charge is 2.15. The van der Waals surface area contributed by atoms with E-state index >= 15 is 0 Å².